The van der Waals surface area contributed by atoms with E-state index >= 15 is 0 Å². The maximum Gasteiger partial charge on any atom is 0.232 e. The van der Waals surface area contributed by atoms with Crippen molar-refractivity contribution in [3.05, 3.63) is 47.5 Å². The second kappa shape index (κ2) is 10.2. The molecular formula is C21H28N2O5S. The maximum absolute atomic E-state index is 12.5. The fourth-order valence-electron chi connectivity index (χ4n) is 2.98. The van der Waals surface area contributed by atoms with Crippen LogP contribution in [0.4, 0.5) is 11.4 Å². The number of amides is 1. The minimum Gasteiger partial charge on any atom is -0.493 e. The minimum absolute atomic E-state index is 0.0470. The van der Waals surface area contributed by atoms with Crippen LogP contribution in [0, 0.1) is 6.92 Å². The number of rotatable bonds is 10. The van der Waals surface area contributed by atoms with Gasteiger partial charge in [-0.05, 0) is 49.1 Å². The number of hydrogen-bond acceptors (Lipinski definition) is 5. The van der Waals surface area contributed by atoms with E-state index in [1.165, 1.54) is 0 Å². The first-order valence-corrected chi connectivity index (χ1v) is 11.1. The highest BCUT2D eigenvalue weighted by atomic mass is 32.2. The summed E-state index contributed by atoms with van der Waals surface area (Å²) in [5.74, 6) is 1.11. The Morgan fingerprint density at radius 3 is 2.38 bits per heavy atom. The lowest BCUT2D eigenvalue weighted by Gasteiger charge is -2.15. The van der Waals surface area contributed by atoms with Gasteiger partial charge in [-0.3, -0.25) is 9.52 Å². The van der Waals surface area contributed by atoms with Crippen molar-refractivity contribution in [1.29, 1.82) is 0 Å². The second-order valence-electron chi connectivity index (χ2n) is 6.60. The molecule has 0 atom stereocenters. The van der Waals surface area contributed by atoms with Crippen LogP contribution in [0.5, 0.6) is 11.5 Å². The van der Waals surface area contributed by atoms with Crippen LogP contribution in [0.2, 0.25) is 0 Å². The summed E-state index contributed by atoms with van der Waals surface area (Å²) < 4.78 is 37.3. The van der Waals surface area contributed by atoms with Gasteiger partial charge in [0.1, 0.15) is 0 Å². The molecular weight excluding hydrogens is 392 g/mol. The molecule has 0 spiro atoms. The fraction of sp³-hybridized carbons (Fsp3) is 0.381. The maximum atomic E-state index is 12.5. The number of carbonyl (C=O) groups excluding carboxylic acids is 1. The highest BCUT2D eigenvalue weighted by Crippen LogP contribution is 2.31. The molecule has 0 radical (unpaired) electrons. The Bertz CT molecular complexity index is 958. The van der Waals surface area contributed by atoms with Crippen LogP contribution in [0.25, 0.3) is 0 Å². The third-order valence-electron chi connectivity index (χ3n) is 4.45. The summed E-state index contributed by atoms with van der Waals surface area (Å²) in [7, 11) is -0.268. The predicted octanol–water partition coefficient (Wildman–Crippen LogP) is 3.74. The number of sulfonamides is 1. The molecule has 8 heteroatoms. The van der Waals surface area contributed by atoms with E-state index < -0.39 is 10.0 Å². The minimum atomic E-state index is -3.40. The van der Waals surface area contributed by atoms with Crippen LogP contribution >= 0.6 is 0 Å². The van der Waals surface area contributed by atoms with Crippen molar-refractivity contribution in [2.75, 3.05) is 30.0 Å². The van der Waals surface area contributed by atoms with Crippen molar-refractivity contribution in [2.24, 2.45) is 0 Å². The number of para-hydroxylation sites is 1. The van der Waals surface area contributed by atoms with E-state index in [-0.39, 0.29) is 18.1 Å². The van der Waals surface area contributed by atoms with Crippen LogP contribution in [0.3, 0.4) is 0 Å². The van der Waals surface area contributed by atoms with Crippen molar-refractivity contribution in [3.8, 4) is 11.5 Å². The zero-order valence-electron chi connectivity index (χ0n) is 17.2. The quantitative estimate of drug-likeness (QED) is 0.611. The van der Waals surface area contributed by atoms with Crippen molar-refractivity contribution in [3.63, 3.8) is 0 Å². The first-order chi connectivity index (χ1) is 13.8. The lowest BCUT2D eigenvalue weighted by Crippen LogP contribution is -2.18. The average molecular weight is 421 g/mol. The Balaban J connectivity index is 2.08. The predicted molar refractivity (Wildman–Crippen MR) is 115 cm³/mol. The normalized spacial score (nSPS) is 11.0. The molecule has 0 fully saturated rings. The number of aryl methyl sites for hydroxylation is 1. The van der Waals surface area contributed by atoms with Crippen molar-refractivity contribution >= 4 is 27.3 Å². The van der Waals surface area contributed by atoms with Gasteiger partial charge in [0.25, 0.3) is 0 Å². The van der Waals surface area contributed by atoms with E-state index in [1.807, 2.05) is 12.1 Å². The first kappa shape index (κ1) is 22.5. The number of benzene rings is 2. The number of carbonyl (C=O) groups is 1. The molecule has 158 valence electrons. The smallest absolute Gasteiger partial charge is 0.232 e. The summed E-state index contributed by atoms with van der Waals surface area (Å²) in [6.07, 6.45) is 1.25. The second-order valence-corrected chi connectivity index (χ2v) is 8.44. The topological polar surface area (TPSA) is 93.7 Å². The van der Waals surface area contributed by atoms with Crippen molar-refractivity contribution in [1.82, 2.24) is 0 Å². The number of nitrogens with one attached hydrogen (secondary N) is 2. The Labute approximate surface area is 172 Å². The molecule has 29 heavy (non-hydrogen) atoms. The van der Waals surface area contributed by atoms with Gasteiger partial charge >= 0.3 is 0 Å². The van der Waals surface area contributed by atoms with Gasteiger partial charge in [-0.15, -0.1) is 0 Å². The van der Waals surface area contributed by atoms with Gasteiger partial charge in [0.2, 0.25) is 15.9 Å². The molecule has 2 aromatic rings. The Kier molecular flexibility index (Phi) is 7.90. The number of hydrogen-bond donors (Lipinski definition) is 2. The summed E-state index contributed by atoms with van der Waals surface area (Å²) in [5.41, 5.74) is 2.58. The highest BCUT2D eigenvalue weighted by molar-refractivity contribution is 7.92. The van der Waals surface area contributed by atoms with Gasteiger partial charge in [0, 0.05) is 12.1 Å². The summed E-state index contributed by atoms with van der Waals surface area (Å²) >= 11 is 0. The molecule has 7 nitrogen and oxygen atoms in total. The van der Waals surface area contributed by atoms with Gasteiger partial charge < -0.3 is 14.8 Å². The molecule has 0 unspecified atom stereocenters. The zero-order chi connectivity index (χ0) is 21.4. The molecule has 0 heterocycles. The molecule has 0 aliphatic heterocycles. The largest absolute Gasteiger partial charge is 0.493 e. The van der Waals surface area contributed by atoms with E-state index in [2.05, 4.69) is 10.0 Å². The van der Waals surface area contributed by atoms with Crippen LogP contribution in [-0.4, -0.2) is 34.3 Å². The third kappa shape index (κ3) is 6.12. The van der Waals surface area contributed by atoms with E-state index in [0.717, 1.165) is 5.56 Å². The highest BCUT2D eigenvalue weighted by Gasteiger charge is 2.15. The Morgan fingerprint density at radius 2 is 1.72 bits per heavy atom. The molecule has 0 aromatic heterocycles. The Hall–Kier alpha value is -2.74. The van der Waals surface area contributed by atoms with Gasteiger partial charge in [0.15, 0.2) is 11.5 Å². The number of ether oxygens (including phenoxy) is 2. The molecule has 2 N–H and O–H groups in total. The molecule has 0 aliphatic rings. The van der Waals surface area contributed by atoms with Crippen LogP contribution < -0.4 is 19.5 Å². The number of anilines is 2. The molecule has 1 amide bonds. The van der Waals surface area contributed by atoms with Gasteiger partial charge in [0.05, 0.1) is 25.7 Å². The zero-order valence-corrected chi connectivity index (χ0v) is 18.1. The van der Waals surface area contributed by atoms with Crippen molar-refractivity contribution in [2.45, 2.75) is 33.1 Å². The monoisotopic (exact) mass is 420 g/mol. The van der Waals surface area contributed by atoms with E-state index in [4.69, 9.17) is 9.47 Å². The lowest BCUT2D eigenvalue weighted by molar-refractivity contribution is -0.116. The van der Waals surface area contributed by atoms with E-state index in [9.17, 15) is 13.2 Å². The van der Waals surface area contributed by atoms with Crippen LogP contribution in [0.15, 0.2) is 36.4 Å². The molecule has 0 aliphatic carbocycles. The Morgan fingerprint density at radius 1 is 1.03 bits per heavy atom. The molecule has 2 aromatic carbocycles. The van der Waals surface area contributed by atoms with Crippen molar-refractivity contribution < 1.29 is 22.7 Å². The number of methoxy groups -OCH3 is 2. The fourth-order valence-corrected chi connectivity index (χ4v) is 4.18. The van der Waals surface area contributed by atoms with Crippen LogP contribution in [-0.2, 0) is 21.2 Å². The van der Waals surface area contributed by atoms with Gasteiger partial charge in [-0.25, -0.2) is 8.42 Å². The first-order valence-electron chi connectivity index (χ1n) is 9.41. The van der Waals surface area contributed by atoms with Gasteiger partial charge in [-0.2, -0.15) is 0 Å². The summed E-state index contributed by atoms with van der Waals surface area (Å²) in [6.45, 7) is 3.57. The molecule has 0 bridgehead atoms. The third-order valence-corrected chi connectivity index (χ3v) is 5.93. The lowest BCUT2D eigenvalue weighted by atomic mass is 10.1. The SMILES string of the molecule is CCCS(=O)(=O)Nc1cccc(NC(=O)CCc2cccc(OC)c2OC)c1C. The molecule has 0 saturated carbocycles. The summed E-state index contributed by atoms with van der Waals surface area (Å²) in [5, 5.41) is 2.86. The average Bonchev–Trinajstić information content (AvgIpc) is 2.68. The van der Waals surface area contributed by atoms with E-state index in [1.54, 1.807) is 52.3 Å². The van der Waals surface area contributed by atoms with E-state index in [0.29, 0.717) is 41.3 Å². The standard InChI is InChI=1S/C21H28N2O5S/c1-5-14-29(25,26)23-18-10-7-9-17(15(18)2)22-20(24)13-12-16-8-6-11-19(27-3)21(16)28-4/h6-11,23H,5,12-14H2,1-4H3,(H,22,24). The summed E-state index contributed by atoms with van der Waals surface area (Å²) in [4.78, 5) is 12.5. The van der Waals surface area contributed by atoms with Gasteiger partial charge in [-0.1, -0.05) is 25.1 Å². The summed E-state index contributed by atoms with van der Waals surface area (Å²) in [6, 6.07) is 10.7. The molecule has 2 rings (SSSR count). The van der Waals surface area contributed by atoms with Crippen LogP contribution in [0.1, 0.15) is 30.9 Å². The molecule has 0 saturated heterocycles.